The summed E-state index contributed by atoms with van der Waals surface area (Å²) < 4.78 is 5.22. The van der Waals surface area contributed by atoms with Crippen molar-refractivity contribution in [1.82, 2.24) is 0 Å². The Hall–Kier alpha value is -0.700. The highest BCUT2D eigenvalue weighted by molar-refractivity contribution is 9.09. The fourth-order valence-corrected chi connectivity index (χ4v) is 3.32. The van der Waals surface area contributed by atoms with E-state index in [0.29, 0.717) is 10.0 Å². The zero-order valence-corrected chi connectivity index (χ0v) is 13.5. The zero-order valence-electron chi connectivity index (χ0n) is 10.4. The molecule has 0 amide bonds. The first-order valence-electron chi connectivity index (χ1n) is 5.82. The second-order valence-corrected chi connectivity index (χ2v) is 6.14. The average Bonchev–Trinajstić information content (AvgIpc) is 2.38. The maximum absolute atomic E-state index is 6.21. The molecule has 100 valence electrons. The molecule has 0 saturated heterocycles. The summed E-state index contributed by atoms with van der Waals surface area (Å²) in [5.74, 6) is 0.861. The molecule has 19 heavy (non-hydrogen) atoms. The Morgan fingerprint density at radius 1 is 1.16 bits per heavy atom. The lowest BCUT2D eigenvalue weighted by atomic mass is 10.0. The van der Waals surface area contributed by atoms with Crippen LogP contribution in [0.5, 0.6) is 5.75 Å². The van der Waals surface area contributed by atoms with Crippen LogP contribution in [0.1, 0.15) is 16.0 Å². The van der Waals surface area contributed by atoms with E-state index in [-0.39, 0.29) is 4.83 Å². The van der Waals surface area contributed by atoms with E-state index in [4.69, 9.17) is 27.9 Å². The van der Waals surface area contributed by atoms with Crippen LogP contribution < -0.4 is 4.74 Å². The molecule has 1 nitrogen and oxygen atoms in total. The molecule has 1 atom stereocenters. The molecule has 0 fully saturated rings. The second kappa shape index (κ2) is 6.65. The van der Waals surface area contributed by atoms with Gasteiger partial charge in [0.05, 0.1) is 7.11 Å². The van der Waals surface area contributed by atoms with Crippen LogP contribution in [-0.2, 0) is 6.42 Å². The zero-order chi connectivity index (χ0) is 13.8. The topological polar surface area (TPSA) is 9.23 Å². The van der Waals surface area contributed by atoms with Gasteiger partial charge in [0.25, 0.3) is 0 Å². The largest absolute Gasteiger partial charge is 0.497 e. The van der Waals surface area contributed by atoms with Gasteiger partial charge < -0.3 is 4.74 Å². The Kier molecular flexibility index (Phi) is 5.14. The van der Waals surface area contributed by atoms with Crippen molar-refractivity contribution in [3.05, 3.63) is 63.6 Å². The molecule has 0 saturated carbocycles. The smallest absolute Gasteiger partial charge is 0.119 e. The van der Waals surface area contributed by atoms with Crippen LogP contribution in [0, 0.1) is 0 Å². The third-order valence-electron chi connectivity index (χ3n) is 2.85. The number of benzene rings is 2. The highest BCUT2D eigenvalue weighted by Crippen LogP contribution is 2.34. The van der Waals surface area contributed by atoms with Gasteiger partial charge in [-0.15, -0.1) is 0 Å². The van der Waals surface area contributed by atoms with Crippen LogP contribution in [0.2, 0.25) is 10.0 Å². The molecular weight excluding hydrogens is 347 g/mol. The van der Waals surface area contributed by atoms with E-state index in [9.17, 15) is 0 Å². The standard InChI is InChI=1S/C15H13BrCl2O/c1-19-12-4-2-3-10(7-12)8-14(16)13-6-5-11(17)9-15(13)18/h2-7,9,14H,8H2,1H3. The van der Waals surface area contributed by atoms with Crippen LogP contribution in [0.4, 0.5) is 0 Å². The van der Waals surface area contributed by atoms with Crippen molar-refractivity contribution in [3.8, 4) is 5.75 Å². The van der Waals surface area contributed by atoms with E-state index in [2.05, 4.69) is 22.0 Å². The third kappa shape index (κ3) is 3.88. The Morgan fingerprint density at radius 3 is 2.63 bits per heavy atom. The first kappa shape index (κ1) is 14.7. The van der Waals surface area contributed by atoms with Crippen LogP contribution in [0.15, 0.2) is 42.5 Å². The summed E-state index contributed by atoms with van der Waals surface area (Å²) in [4.78, 5) is 0.143. The van der Waals surface area contributed by atoms with Crippen LogP contribution in [-0.4, -0.2) is 7.11 Å². The minimum Gasteiger partial charge on any atom is -0.497 e. The van der Waals surface area contributed by atoms with Crippen molar-refractivity contribution in [2.45, 2.75) is 11.2 Å². The molecule has 4 heteroatoms. The molecule has 0 aliphatic rings. The second-order valence-electron chi connectivity index (χ2n) is 4.19. The predicted molar refractivity (Wildman–Crippen MR) is 84.8 cm³/mol. The summed E-state index contributed by atoms with van der Waals surface area (Å²) in [6.45, 7) is 0. The van der Waals surface area contributed by atoms with E-state index in [1.54, 1.807) is 13.2 Å². The van der Waals surface area contributed by atoms with Crippen molar-refractivity contribution in [2.24, 2.45) is 0 Å². The fourth-order valence-electron chi connectivity index (χ4n) is 1.87. The van der Waals surface area contributed by atoms with Gasteiger partial charge in [-0.3, -0.25) is 0 Å². The number of alkyl halides is 1. The van der Waals surface area contributed by atoms with E-state index in [1.165, 1.54) is 5.56 Å². The molecule has 0 radical (unpaired) electrons. The SMILES string of the molecule is COc1cccc(CC(Br)c2ccc(Cl)cc2Cl)c1. The Labute approximate surface area is 131 Å². The van der Waals surface area contributed by atoms with Crippen molar-refractivity contribution in [1.29, 1.82) is 0 Å². The van der Waals surface area contributed by atoms with E-state index in [0.717, 1.165) is 17.7 Å². The summed E-state index contributed by atoms with van der Waals surface area (Å²) in [6, 6.07) is 13.6. The number of hydrogen-bond acceptors (Lipinski definition) is 1. The Morgan fingerprint density at radius 2 is 1.95 bits per heavy atom. The lowest BCUT2D eigenvalue weighted by Gasteiger charge is -2.13. The van der Waals surface area contributed by atoms with Crippen LogP contribution in [0.3, 0.4) is 0 Å². The minimum atomic E-state index is 0.143. The van der Waals surface area contributed by atoms with E-state index >= 15 is 0 Å². The predicted octanol–water partition coefficient (Wildman–Crippen LogP) is 5.68. The van der Waals surface area contributed by atoms with Crippen molar-refractivity contribution >= 4 is 39.1 Å². The van der Waals surface area contributed by atoms with Crippen molar-refractivity contribution in [2.75, 3.05) is 7.11 Å². The fraction of sp³-hybridized carbons (Fsp3) is 0.200. The monoisotopic (exact) mass is 358 g/mol. The van der Waals surface area contributed by atoms with Crippen molar-refractivity contribution in [3.63, 3.8) is 0 Å². The number of rotatable bonds is 4. The quantitative estimate of drug-likeness (QED) is 0.638. The first-order chi connectivity index (χ1) is 9.10. The van der Waals surface area contributed by atoms with Gasteiger partial charge in [-0.2, -0.15) is 0 Å². The normalized spacial score (nSPS) is 12.2. The lowest BCUT2D eigenvalue weighted by molar-refractivity contribution is 0.414. The van der Waals surface area contributed by atoms with Gasteiger partial charge in [0.2, 0.25) is 0 Å². The molecule has 2 aromatic carbocycles. The van der Waals surface area contributed by atoms with Gasteiger partial charge in [-0.05, 0) is 41.8 Å². The van der Waals surface area contributed by atoms with Gasteiger partial charge in [-0.25, -0.2) is 0 Å². The lowest BCUT2D eigenvalue weighted by Crippen LogP contribution is -1.97. The van der Waals surface area contributed by atoms with E-state index in [1.807, 2.05) is 30.3 Å². The summed E-state index contributed by atoms with van der Waals surface area (Å²) in [6.07, 6.45) is 0.832. The summed E-state index contributed by atoms with van der Waals surface area (Å²) in [7, 11) is 1.67. The molecule has 0 N–H and O–H groups in total. The average molecular weight is 360 g/mol. The van der Waals surface area contributed by atoms with Gasteiger partial charge in [0.1, 0.15) is 5.75 Å². The first-order valence-corrected chi connectivity index (χ1v) is 7.49. The summed E-state index contributed by atoms with van der Waals surface area (Å²) in [5.41, 5.74) is 2.22. The van der Waals surface area contributed by atoms with Gasteiger partial charge in [0, 0.05) is 14.9 Å². The molecule has 0 aliphatic carbocycles. The molecule has 0 heterocycles. The Balaban J connectivity index is 2.17. The molecule has 2 rings (SSSR count). The number of halogens is 3. The summed E-state index contributed by atoms with van der Waals surface area (Å²) >= 11 is 15.8. The van der Waals surface area contributed by atoms with Crippen LogP contribution >= 0.6 is 39.1 Å². The Bertz CT molecular complexity index is 572. The van der Waals surface area contributed by atoms with Crippen LogP contribution in [0.25, 0.3) is 0 Å². The van der Waals surface area contributed by atoms with Gasteiger partial charge >= 0.3 is 0 Å². The molecular formula is C15H13BrCl2O. The maximum Gasteiger partial charge on any atom is 0.119 e. The third-order valence-corrected chi connectivity index (χ3v) is 4.23. The molecule has 0 aromatic heterocycles. The molecule has 0 aliphatic heterocycles. The van der Waals surface area contributed by atoms with E-state index < -0.39 is 0 Å². The maximum atomic E-state index is 6.21. The van der Waals surface area contributed by atoms with Gasteiger partial charge in [0.15, 0.2) is 0 Å². The highest BCUT2D eigenvalue weighted by atomic mass is 79.9. The summed E-state index contributed by atoms with van der Waals surface area (Å²) in [5, 5.41) is 1.33. The molecule has 0 bridgehead atoms. The van der Waals surface area contributed by atoms with Crippen molar-refractivity contribution < 1.29 is 4.74 Å². The van der Waals surface area contributed by atoms with Gasteiger partial charge in [-0.1, -0.05) is 57.3 Å². The molecule has 1 unspecified atom stereocenters. The number of ether oxygens (including phenoxy) is 1. The minimum absolute atomic E-state index is 0.143. The highest BCUT2D eigenvalue weighted by Gasteiger charge is 2.13. The molecule has 0 spiro atoms. The molecule has 2 aromatic rings. The number of methoxy groups -OCH3 is 1. The number of hydrogen-bond donors (Lipinski definition) is 0.